The van der Waals surface area contributed by atoms with Crippen LogP contribution in [-0.4, -0.2) is 42.8 Å². The summed E-state index contributed by atoms with van der Waals surface area (Å²) < 4.78 is 32.7. The first kappa shape index (κ1) is 17.0. The van der Waals surface area contributed by atoms with Crippen LogP contribution in [0.1, 0.15) is 20.8 Å². The summed E-state index contributed by atoms with van der Waals surface area (Å²) in [5.74, 6) is -1.24. The molecular weight excluding hydrogens is 358 g/mol. The fourth-order valence-electron chi connectivity index (χ4n) is 2.21. The van der Waals surface area contributed by atoms with E-state index in [4.69, 9.17) is 4.74 Å². The normalized spacial score (nSPS) is 15.9. The summed E-state index contributed by atoms with van der Waals surface area (Å²) >= 11 is 3.06. The molecule has 0 bridgehead atoms. The number of piperazine rings is 1. The Morgan fingerprint density at radius 2 is 1.73 bits per heavy atom. The lowest BCUT2D eigenvalue weighted by Gasteiger charge is -2.36. The molecule has 4 nitrogen and oxygen atoms in total. The van der Waals surface area contributed by atoms with Crippen LogP contribution in [0.2, 0.25) is 0 Å². The molecule has 0 aromatic heterocycles. The fraction of sp³-hybridized carbons (Fsp3) is 0.533. The lowest BCUT2D eigenvalue weighted by Crippen LogP contribution is -2.50. The molecule has 2 rings (SSSR count). The van der Waals surface area contributed by atoms with Gasteiger partial charge in [-0.1, -0.05) is 0 Å². The molecule has 1 amide bonds. The summed E-state index contributed by atoms with van der Waals surface area (Å²) in [5, 5.41) is 0. The van der Waals surface area contributed by atoms with Gasteiger partial charge in [0.2, 0.25) is 0 Å². The second kappa shape index (κ2) is 6.40. The minimum absolute atomic E-state index is 0.221. The van der Waals surface area contributed by atoms with Gasteiger partial charge in [0.25, 0.3) is 0 Å². The van der Waals surface area contributed by atoms with Crippen LogP contribution in [0.5, 0.6) is 0 Å². The highest BCUT2D eigenvalue weighted by molar-refractivity contribution is 9.10. The molecule has 122 valence electrons. The molecule has 0 saturated carbocycles. The first-order chi connectivity index (χ1) is 10.2. The summed E-state index contributed by atoms with van der Waals surface area (Å²) in [6.07, 6.45) is -0.368. The van der Waals surface area contributed by atoms with E-state index in [1.54, 1.807) is 9.80 Å². The molecule has 1 aromatic carbocycles. The molecule has 22 heavy (non-hydrogen) atoms. The van der Waals surface area contributed by atoms with E-state index in [9.17, 15) is 13.6 Å². The van der Waals surface area contributed by atoms with Crippen LogP contribution in [0.4, 0.5) is 19.3 Å². The summed E-state index contributed by atoms with van der Waals surface area (Å²) in [6, 6.07) is 2.29. The molecule has 0 spiro atoms. The van der Waals surface area contributed by atoms with Gasteiger partial charge in [-0.05, 0) is 42.8 Å². The van der Waals surface area contributed by atoms with Gasteiger partial charge in [0.05, 0.1) is 10.2 Å². The SMILES string of the molecule is CC(C)(C)OC(=O)N1CCN(c2cc(Br)c(F)cc2F)CC1. The number of hydrogen-bond acceptors (Lipinski definition) is 3. The predicted octanol–water partition coefficient (Wildman–Crippen LogP) is 3.78. The lowest BCUT2D eigenvalue weighted by atomic mass is 10.2. The number of hydrogen-bond donors (Lipinski definition) is 0. The zero-order valence-electron chi connectivity index (χ0n) is 12.8. The highest BCUT2D eigenvalue weighted by atomic mass is 79.9. The van der Waals surface area contributed by atoms with Crippen molar-refractivity contribution in [2.24, 2.45) is 0 Å². The number of ether oxygens (including phenoxy) is 1. The third-order valence-electron chi connectivity index (χ3n) is 3.26. The smallest absolute Gasteiger partial charge is 0.410 e. The average Bonchev–Trinajstić information content (AvgIpc) is 2.41. The number of anilines is 1. The highest BCUT2D eigenvalue weighted by Crippen LogP contribution is 2.27. The molecule has 1 heterocycles. The molecule has 7 heteroatoms. The number of carbonyl (C=O) groups is 1. The van der Waals surface area contributed by atoms with Crippen LogP contribution in [0.15, 0.2) is 16.6 Å². The van der Waals surface area contributed by atoms with E-state index in [1.165, 1.54) is 6.07 Å². The first-order valence-electron chi connectivity index (χ1n) is 7.05. The van der Waals surface area contributed by atoms with Crippen LogP contribution < -0.4 is 4.90 Å². The minimum atomic E-state index is -0.631. The Labute approximate surface area is 137 Å². The molecule has 1 saturated heterocycles. The van der Waals surface area contributed by atoms with Crippen molar-refractivity contribution in [1.29, 1.82) is 0 Å². The maximum absolute atomic E-state index is 13.9. The van der Waals surface area contributed by atoms with Crippen molar-refractivity contribution in [3.05, 3.63) is 28.2 Å². The van der Waals surface area contributed by atoms with E-state index in [0.717, 1.165) is 6.07 Å². The average molecular weight is 377 g/mol. The second-order valence-electron chi connectivity index (χ2n) is 6.17. The van der Waals surface area contributed by atoms with Crippen LogP contribution in [0.3, 0.4) is 0 Å². The molecule has 0 atom stereocenters. The van der Waals surface area contributed by atoms with Crippen LogP contribution in [0.25, 0.3) is 0 Å². The molecule has 0 unspecified atom stereocenters. The van der Waals surface area contributed by atoms with Crippen molar-refractivity contribution >= 4 is 27.7 Å². The molecule has 0 aliphatic carbocycles. The Morgan fingerprint density at radius 3 is 2.27 bits per heavy atom. The van der Waals surface area contributed by atoms with Gasteiger partial charge in [-0.2, -0.15) is 0 Å². The fourth-order valence-corrected chi connectivity index (χ4v) is 2.54. The van der Waals surface area contributed by atoms with Gasteiger partial charge < -0.3 is 14.5 Å². The van der Waals surface area contributed by atoms with Gasteiger partial charge in [-0.15, -0.1) is 0 Å². The van der Waals surface area contributed by atoms with Crippen LogP contribution in [-0.2, 0) is 4.74 Å². The van der Waals surface area contributed by atoms with Crippen molar-refractivity contribution in [3.8, 4) is 0 Å². The maximum Gasteiger partial charge on any atom is 0.410 e. The number of halogens is 3. The standard InChI is InChI=1S/C15H19BrF2N2O2/c1-15(2,3)22-14(21)20-6-4-19(5-7-20)13-8-10(16)11(17)9-12(13)18/h8-9H,4-7H2,1-3H3. The second-order valence-corrected chi connectivity index (χ2v) is 7.03. The van der Waals surface area contributed by atoms with E-state index >= 15 is 0 Å². The maximum atomic E-state index is 13.9. The largest absolute Gasteiger partial charge is 0.444 e. The zero-order valence-corrected chi connectivity index (χ0v) is 14.4. The predicted molar refractivity (Wildman–Crippen MR) is 84.1 cm³/mol. The van der Waals surface area contributed by atoms with Crippen LogP contribution in [0, 0.1) is 11.6 Å². The van der Waals surface area contributed by atoms with Gasteiger partial charge in [-0.25, -0.2) is 13.6 Å². The van der Waals surface area contributed by atoms with Crippen LogP contribution >= 0.6 is 15.9 Å². The quantitative estimate of drug-likeness (QED) is 0.699. The van der Waals surface area contributed by atoms with Gasteiger partial charge in [0.15, 0.2) is 0 Å². The summed E-state index contributed by atoms with van der Waals surface area (Å²) in [5.41, 5.74) is -0.209. The number of rotatable bonds is 1. The van der Waals surface area contributed by atoms with E-state index in [1.807, 2.05) is 20.8 Å². The molecule has 1 aliphatic rings. The van der Waals surface area contributed by atoms with Gasteiger partial charge in [0.1, 0.15) is 17.2 Å². The number of nitrogens with zero attached hydrogens (tertiary/aromatic N) is 2. The van der Waals surface area contributed by atoms with Crippen molar-refractivity contribution in [1.82, 2.24) is 4.90 Å². The number of carbonyl (C=O) groups excluding carboxylic acids is 1. The minimum Gasteiger partial charge on any atom is -0.444 e. The van der Waals surface area contributed by atoms with Crippen molar-refractivity contribution in [2.75, 3.05) is 31.1 Å². The summed E-state index contributed by atoms with van der Waals surface area (Å²) in [7, 11) is 0. The Morgan fingerprint density at radius 1 is 1.14 bits per heavy atom. The van der Waals surface area contributed by atoms with Crippen molar-refractivity contribution in [2.45, 2.75) is 26.4 Å². The Balaban J connectivity index is 2.01. The molecule has 1 aliphatic heterocycles. The molecule has 1 fully saturated rings. The summed E-state index contributed by atoms with van der Waals surface area (Å²) in [4.78, 5) is 15.4. The Kier molecular flexibility index (Phi) is 4.94. The van der Waals surface area contributed by atoms with E-state index in [0.29, 0.717) is 31.9 Å². The molecule has 1 aromatic rings. The molecule has 0 radical (unpaired) electrons. The molecular formula is C15H19BrF2N2O2. The summed E-state index contributed by atoms with van der Waals surface area (Å²) in [6.45, 7) is 7.24. The first-order valence-corrected chi connectivity index (χ1v) is 7.84. The highest BCUT2D eigenvalue weighted by Gasteiger charge is 2.27. The number of benzene rings is 1. The monoisotopic (exact) mass is 376 g/mol. The number of amides is 1. The van der Waals surface area contributed by atoms with Gasteiger partial charge >= 0.3 is 6.09 Å². The molecule has 0 N–H and O–H groups in total. The van der Waals surface area contributed by atoms with E-state index in [2.05, 4.69) is 15.9 Å². The van der Waals surface area contributed by atoms with Gasteiger partial charge in [-0.3, -0.25) is 0 Å². The van der Waals surface area contributed by atoms with Gasteiger partial charge in [0, 0.05) is 32.2 Å². The Bertz CT molecular complexity index is 567. The third kappa shape index (κ3) is 4.09. The van der Waals surface area contributed by atoms with E-state index < -0.39 is 17.2 Å². The Hall–Kier alpha value is -1.37. The van der Waals surface area contributed by atoms with Crippen molar-refractivity contribution < 1.29 is 18.3 Å². The lowest BCUT2D eigenvalue weighted by molar-refractivity contribution is 0.0240. The topological polar surface area (TPSA) is 32.8 Å². The zero-order chi connectivity index (χ0) is 16.5. The van der Waals surface area contributed by atoms with E-state index in [-0.39, 0.29) is 10.6 Å². The van der Waals surface area contributed by atoms with Crippen molar-refractivity contribution in [3.63, 3.8) is 0 Å². The third-order valence-corrected chi connectivity index (χ3v) is 3.87.